The standard InChI is InChI=1S/C18H18N4O/c1-13-6-5-9-15(10-13)19-18(23)12-17-20-16(21-22-17)11-14-7-3-2-4-8-14/h2-10H,11-12H2,1H3,(H,19,23)(H,20,21,22). The number of aryl methyl sites for hydroxylation is 1. The summed E-state index contributed by atoms with van der Waals surface area (Å²) in [6, 6.07) is 17.7. The lowest BCUT2D eigenvalue weighted by Crippen LogP contribution is -2.15. The molecule has 0 fully saturated rings. The first-order valence-corrected chi connectivity index (χ1v) is 7.49. The maximum Gasteiger partial charge on any atom is 0.232 e. The predicted molar refractivity (Wildman–Crippen MR) is 89.1 cm³/mol. The van der Waals surface area contributed by atoms with Crippen LogP contribution in [0.3, 0.4) is 0 Å². The molecule has 0 unspecified atom stereocenters. The molecule has 0 bridgehead atoms. The van der Waals surface area contributed by atoms with Crippen molar-refractivity contribution >= 4 is 11.6 Å². The van der Waals surface area contributed by atoms with Crippen LogP contribution < -0.4 is 5.32 Å². The second-order valence-corrected chi connectivity index (χ2v) is 5.46. The Labute approximate surface area is 134 Å². The average molecular weight is 306 g/mol. The highest BCUT2D eigenvalue weighted by Gasteiger charge is 2.10. The molecule has 5 nitrogen and oxygen atoms in total. The Hall–Kier alpha value is -2.95. The second kappa shape index (κ2) is 6.87. The smallest absolute Gasteiger partial charge is 0.232 e. The van der Waals surface area contributed by atoms with Gasteiger partial charge in [0.2, 0.25) is 5.91 Å². The van der Waals surface area contributed by atoms with Gasteiger partial charge in [0.15, 0.2) is 5.82 Å². The van der Waals surface area contributed by atoms with Crippen molar-refractivity contribution in [1.29, 1.82) is 0 Å². The monoisotopic (exact) mass is 306 g/mol. The number of nitrogens with zero attached hydrogens (tertiary/aromatic N) is 2. The van der Waals surface area contributed by atoms with Crippen molar-refractivity contribution < 1.29 is 4.79 Å². The molecule has 0 aliphatic rings. The number of carbonyl (C=O) groups excluding carboxylic acids is 1. The summed E-state index contributed by atoms with van der Waals surface area (Å²) in [5.74, 6) is 1.14. The highest BCUT2D eigenvalue weighted by Crippen LogP contribution is 2.10. The van der Waals surface area contributed by atoms with Crippen molar-refractivity contribution in [2.45, 2.75) is 19.8 Å². The predicted octanol–water partition coefficient (Wildman–Crippen LogP) is 2.89. The number of aromatic amines is 1. The Morgan fingerprint density at radius 1 is 1.13 bits per heavy atom. The highest BCUT2D eigenvalue weighted by molar-refractivity contribution is 5.91. The van der Waals surface area contributed by atoms with Crippen LogP contribution >= 0.6 is 0 Å². The van der Waals surface area contributed by atoms with Gasteiger partial charge in [-0.3, -0.25) is 9.89 Å². The van der Waals surface area contributed by atoms with Crippen molar-refractivity contribution in [1.82, 2.24) is 15.2 Å². The Kier molecular flexibility index (Phi) is 4.47. The molecule has 0 saturated heterocycles. The van der Waals surface area contributed by atoms with Gasteiger partial charge in [-0.2, -0.15) is 5.10 Å². The number of anilines is 1. The van der Waals surface area contributed by atoms with E-state index in [1.54, 1.807) is 0 Å². The van der Waals surface area contributed by atoms with E-state index in [9.17, 15) is 4.79 Å². The molecule has 5 heteroatoms. The van der Waals surface area contributed by atoms with Gasteiger partial charge in [0.25, 0.3) is 0 Å². The molecule has 0 spiro atoms. The molecule has 2 aromatic carbocycles. The van der Waals surface area contributed by atoms with Crippen molar-refractivity contribution in [2.75, 3.05) is 5.32 Å². The van der Waals surface area contributed by atoms with E-state index in [2.05, 4.69) is 20.5 Å². The number of carbonyl (C=O) groups is 1. The molecule has 0 radical (unpaired) electrons. The van der Waals surface area contributed by atoms with Crippen LogP contribution in [0.5, 0.6) is 0 Å². The van der Waals surface area contributed by atoms with Gasteiger partial charge >= 0.3 is 0 Å². The van der Waals surface area contributed by atoms with Gasteiger partial charge in [0.05, 0.1) is 6.42 Å². The number of hydrogen-bond acceptors (Lipinski definition) is 3. The molecule has 3 rings (SSSR count). The molecule has 2 N–H and O–H groups in total. The summed E-state index contributed by atoms with van der Waals surface area (Å²) in [6.45, 7) is 1.99. The van der Waals surface area contributed by atoms with E-state index < -0.39 is 0 Å². The molecule has 116 valence electrons. The zero-order valence-corrected chi connectivity index (χ0v) is 12.9. The number of nitrogens with one attached hydrogen (secondary N) is 2. The minimum Gasteiger partial charge on any atom is -0.326 e. The van der Waals surface area contributed by atoms with Gasteiger partial charge in [0, 0.05) is 12.1 Å². The summed E-state index contributed by atoms with van der Waals surface area (Å²) < 4.78 is 0. The highest BCUT2D eigenvalue weighted by atomic mass is 16.1. The first-order valence-electron chi connectivity index (χ1n) is 7.49. The van der Waals surface area contributed by atoms with Gasteiger partial charge in [0.1, 0.15) is 5.82 Å². The fourth-order valence-corrected chi connectivity index (χ4v) is 2.35. The zero-order valence-electron chi connectivity index (χ0n) is 12.9. The fraction of sp³-hybridized carbons (Fsp3) is 0.167. The number of benzene rings is 2. The SMILES string of the molecule is Cc1cccc(NC(=O)Cc2n[nH]c(Cc3ccccc3)n2)c1. The summed E-state index contributed by atoms with van der Waals surface area (Å²) in [5, 5.41) is 9.86. The Morgan fingerprint density at radius 3 is 2.74 bits per heavy atom. The van der Waals surface area contributed by atoms with E-state index >= 15 is 0 Å². The lowest BCUT2D eigenvalue weighted by Gasteiger charge is -2.04. The maximum atomic E-state index is 12.1. The fourth-order valence-electron chi connectivity index (χ4n) is 2.35. The second-order valence-electron chi connectivity index (χ2n) is 5.46. The van der Waals surface area contributed by atoms with Crippen molar-refractivity contribution in [3.8, 4) is 0 Å². The summed E-state index contributed by atoms with van der Waals surface area (Å²) in [7, 11) is 0. The first kappa shape index (κ1) is 15.0. The molecule has 0 aliphatic carbocycles. The van der Waals surface area contributed by atoms with E-state index in [0.717, 1.165) is 22.6 Å². The van der Waals surface area contributed by atoms with E-state index in [-0.39, 0.29) is 12.3 Å². The molecule has 1 amide bonds. The molecule has 0 saturated carbocycles. The van der Waals surface area contributed by atoms with E-state index in [1.165, 1.54) is 0 Å². The normalized spacial score (nSPS) is 10.5. The summed E-state index contributed by atoms with van der Waals surface area (Å²) in [5.41, 5.74) is 3.04. The van der Waals surface area contributed by atoms with Crippen molar-refractivity contribution in [3.05, 3.63) is 77.4 Å². The number of H-pyrrole nitrogens is 1. The molecule has 1 heterocycles. The lowest BCUT2D eigenvalue weighted by atomic mass is 10.1. The lowest BCUT2D eigenvalue weighted by molar-refractivity contribution is -0.115. The van der Waals surface area contributed by atoms with Crippen LogP contribution in [0.2, 0.25) is 0 Å². The van der Waals surface area contributed by atoms with Crippen LogP contribution in [-0.2, 0) is 17.6 Å². The topological polar surface area (TPSA) is 70.7 Å². The average Bonchev–Trinajstić information content (AvgIpc) is 2.95. The summed E-state index contributed by atoms with van der Waals surface area (Å²) in [6.07, 6.45) is 0.826. The quantitative estimate of drug-likeness (QED) is 0.761. The molecular formula is C18H18N4O. The third-order valence-corrected chi connectivity index (χ3v) is 3.41. The van der Waals surface area contributed by atoms with E-state index in [0.29, 0.717) is 12.2 Å². The van der Waals surface area contributed by atoms with Crippen LogP contribution in [-0.4, -0.2) is 21.1 Å². The molecule has 3 aromatic rings. The third-order valence-electron chi connectivity index (χ3n) is 3.41. The minimum absolute atomic E-state index is 0.124. The maximum absolute atomic E-state index is 12.1. The van der Waals surface area contributed by atoms with Crippen LogP contribution in [0.1, 0.15) is 22.8 Å². The number of rotatable bonds is 5. The van der Waals surface area contributed by atoms with E-state index in [4.69, 9.17) is 0 Å². The summed E-state index contributed by atoms with van der Waals surface area (Å²) >= 11 is 0. The Bertz CT molecular complexity index is 796. The van der Waals surface area contributed by atoms with Crippen molar-refractivity contribution in [3.63, 3.8) is 0 Å². The van der Waals surface area contributed by atoms with Crippen LogP contribution in [0.15, 0.2) is 54.6 Å². The molecule has 0 aliphatic heterocycles. The van der Waals surface area contributed by atoms with Gasteiger partial charge < -0.3 is 5.32 Å². The van der Waals surface area contributed by atoms with Gasteiger partial charge in [-0.05, 0) is 30.2 Å². The molecule has 0 atom stereocenters. The van der Waals surface area contributed by atoms with Crippen LogP contribution in [0, 0.1) is 6.92 Å². The van der Waals surface area contributed by atoms with Gasteiger partial charge in [-0.15, -0.1) is 0 Å². The zero-order chi connectivity index (χ0) is 16.1. The molecule has 1 aromatic heterocycles. The number of amides is 1. The third kappa shape index (κ3) is 4.26. The minimum atomic E-state index is -0.124. The molecule has 23 heavy (non-hydrogen) atoms. The largest absolute Gasteiger partial charge is 0.326 e. The van der Waals surface area contributed by atoms with Crippen LogP contribution in [0.25, 0.3) is 0 Å². The number of hydrogen-bond donors (Lipinski definition) is 2. The van der Waals surface area contributed by atoms with Gasteiger partial charge in [-0.25, -0.2) is 4.98 Å². The molecular weight excluding hydrogens is 288 g/mol. The number of aromatic nitrogens is 3. The summed E-state index contributed by atoms with van der Waals surface area (Å²) in [4.78, 5) is 16.4. The first-order chi connectivity index (χ1) is 11.2. The van der Waals surface area contributed by atoms with Gasteiger partial charge in [-0.1, -0.05) is 42.5 Å². The van der Waals surface area contributed by atoms with Crippen LogP contribution in [0.4, 0.5) is 5.69 Å². The Morgan fingerprint density at radius 2 is 1.96 bits per heavy atom. The Balaban J connectivity index is 1.59. The van der Waals surface area contributed by atoms with Crippen molar-refractivity contribution in [2.24, 2.45) is 0 Å². The van der Waals surface area contributed by atoms with E-state index in [1.807, 2.05) is 61.5 Å².